The monoisotopic (exact) mass is 454 g/mol. The van der Waals surface area contributed by atoms with E-state index in [2.05, 4.69) is 48.2 Å². The van der Waals surface area contributed by atoms with Gasteiger partial charge in [0.25, 0.3) is 0 Å². The summed E-state index contributed by atoms with van der Waals surface area (Å²) in [4.78, 5) is 24.1. The van der Waals surface area contributed by atoms with Crippen LogP contribution in [0.25, 0.3) is 0 Å². The third-order valence-electron chi connectivity index (χ3n) is 4.81. The molecule has 4 rings (SSSR count). The highest BCUT2D eigenvalue weighted by atomic mass is 79.9. The molecule has 0 bridgehead atoms. The van der Waals surface area contributed by atoms with Crippen molar-refractivity contribution in [3.05, 3.63) is 75.5 Å². The summed E-state index contributed by atoms with van der Waals surface area (Å²) >= 11 is 3.45. The van der Waals surface area contributed by atoms with Crippen LogP contribution in [0, 0.1) is 10.1 Å². The van der Waals surface area contributed by atoms with Crippen molar-refractivity contribution in [1.29, 1.82) is 0 Å². The van der Waals surface area contributed by atoms with Crippen LogP contribution in [-0.4, -0.2) is 41.1 Å². The summed E-state index contributed by atoms with van der Waals surface area (Å²) in [5.41, 5.74) is 1.74. The van der Waals surface area contributed by atoms with Gasteiger partial charge < -0.3 is 15.1 Å². The lowest BCUT2D eigenvalue weighted by molar-refractivity contribution is -0.383. The highest BCUT2D eigenvalue weighted by Crippen LogP contribution is 2.35. The molecule has 0 atom stereocenters. The molecule has 148 valence electrons. The Labute approximate surface area is 176 Å². The van der Waals surface area contributed by atoms with Crippen molar-refractivity contribution in [3.8, 4) is 0 Å². The lowest BCUT2D eigenvalue weighted by atomic mass is 10.2. The maximum atomic E-state index is 11.9. The molecule has 1 aliphatic heterocycles. The second kappa shape index (κ2) is 8.44. The molecule has 0 saturated carbocycles. The maximum absolute atomic E-state index is 11.9. The van der Waals surface area contributed by atoms with Crippen LogP contribution < -0.4 is 15.1 Å². The van der Waals surface area contributed by atoms with Crippen molar-refractivity contribution in [2.45, 2.75) is 0 Å². The van der Waals surface area contributed by atoms with Gasteiger partial charge in [0, 0.05) is 36.3 Å². The number of piperazine rings is 1. The maximum Gasteiger partial charge on any atom is 0.353 e. The number of anilines is 4. The van der Waals surface area contributed by atoms with Gasteiger partial charge in [-0.05, 0) is 40.2 Å². The van der Waals surface area contributed by atoms with Crippen LogP contribution in [-0.2, 0) is 0 Å². The summed E-state index contributed by atoms with van der Waals surface area (Å²) in [6, 6.07) is 17.6. The minimum Gasteiger partial charge on any atom is -0.368 e. The molecule has 29 heavy (non-hydrogen) atoms. The van der Waals surface area contributed by atoms with Crippen LogP contribution in [0.15, 0.2) is 65.4 Å². The van der Waals surface area contributed by atoms with Gasteiger partial charge in [-0.25, -0.2) is 9.97 Å². The van der Waals surface area contributed by atoms with Crippen molar-refractivity contribution < 1.29 is 4.92 Å². The molecular weight excluding hydrogens is 436 g/mol. The molecule has 1 N–H and O–H groups in total. The van der Waals surface area contributed by atoms with Gasteiger partial charge in [-0.1, -0.05) is 30.3 Å². The number of hydrogen-bond donors (Lipinski definition) is 1. The van der Waals surface area contributed by atoms with Crippen LogP contribution in [0.2, 0.25) is 0 Å². The van der Waals surface area contributed by atoms with E-state index < -0.39 is 4.92 Å². The number of nitrogens with one attached hydrogen (secondary N) is 1. The molecule has 1 aromatic heterocycles. The van der Waals surface area contributed by atoms with Crippen molar-refractivity contribution >= 4 is 44.6 Å². The van der Waals surface area contributed by atoms with Crippen molar-refractivity contribution in [2.24, 2.45) is 0 Å². The number of rotatable bonds is 5. The van der Waals surface area contributed by atoms with E-state index >= 15 is 0 Å². The smallest absolute Gasteiger partial charge is 0.353 e. The molecule has 1 fully saturated rings. The van der Waals surface area contributed by atoms with Gasteiger partial charge in [-0.2, -0.15) is 0 Å². The number of halogens is 1. The Balaban J connectivity index is 1.58. The van der Waals surface area contributed by atoms with E-state index in [1.54, 1.807) is 0 Å². The lowest BCUT2D eigenvalue weighted by Crippen LogP contribution is -2.47. The largest absolute Gasteiger partial charge is 0.368 e. The molecule has 2 aromatic carbocycles. The van der Waals surface area contributed by atoms with Gasteiger partial charge in [-0.15, -0.1) is 0 Å². The lowest BCUT2D eigenvalue weighted by Gasteiger charge is -2.36. The Morgan fingerprint density at radius 3 is 2.28 bits per heavy atom. The fourth-order valence-corrected chi connectivity index (χ4v) is 3.75. The summed E-state index contributed by atoms with van der Waals surface area (Å²) in [6.07, 6.45) is 1.37. The fraction of sp³-hybridized carbons (Fsp3) is 0.200. The number of hydrogen-bond acceptors (Lipinski definition) is 7. The minimum atomic E-state index is -0.419. The molecule has 2 heterocycles. The zero-order chi connectivity index (χ0) is 20.2. The van der Waals surface area contributed by atoms with E-state index in [0.29, 0.717) is 24.6 Å². The fourth-order valence-electron chi connectivity index (χ4n) is 3.37. The highest BCUT2D eigenvalue weighted by Gasteiger charge is 2.29. The molecule has 0 unspecified atom stereocenters. The zero-order valence-corrected chi connectivity index (χ0v) is 17.1. The van der Waals surface area contributed by atoms with E-state index in [1.165, 1.54) is 6.33 Å². The molecule has 0 aliphatic carbocycles. The average Bonchev–Trinajstić information content (AvgIpc) is 2.76. The van der Waals surface area contributed by atoms with E-state index in [9.17, 15) is 10.1 Å². The summed E-state index contributed by atoms with van der Waals surface area (Å²) < 4.78 is 0.797. The van der Waals surface area contributed by atoms with E-state index in [1.807, 2.05) is 47.4 Å². The highest BCUT2D eigenvalue weighted by molar-refractivity contribution is 9.10. The quantitative estimate of drug-likeness (QED) is 0.455. The summed E-state index contributed by atoms with van der Waals surface area (Å²) in [6.45, 7) is 2.80. The topological polar surface area (TPSA) is 87.4 Å². The van der Waals surface area contributed by atoms with Crippen LogP contribution in [0.1, 0.15) is 0 Å². The van der Waals surface area contributed by atoms with Crippen molar-refractivity contribution in [3.63, 3.8) is 0 Å². The second-order valence-electron chi connectivity index (χ2n) is 6.57. The molecule has 1 saturated heterocycles. The molecular formula is C20H19BrN6O2. The summed E-state index contributed by atoms with van der Waals surface area (Å²) in [7, 11) is 0. The van der Waals surface area contributed by atoms with Gasteiger partial charge >= 0.3 is 5.69 Å². The normalized spacial score (nSPS) is 14.0. The van der Waals surface area contributed by atoms with Gasteiger partial charge in [0.1, 0.15) is 6.33 Å². The van der Waals surface area contributed by atoms with Crippen LogP contribution in [0.3, 0.4) is 0 Å². The van der Waals surface area contributed by atoms with Crippen molar-refractivity contribution in [2.75, 3.05) is 41.3 Å². The predicted octanol–water partition coefficient (Wildman–Crippen LogP) is 4.22. The standard InChI is InChI=1S/C20H19BrN6O2/c21-16-8-4-5-9-17(16)24-19-18(27(28)29)20(23-14-22-19)26-12-10-25(11-13-26)15-6-2-1-3-7-15/h1-9,14H,10-13H2,(H,22,23,24). The minimum absolute atomic E-state index is 0.114. The Morgan fingerprint density at radius 2 is 1.59 bits per heavy atom. The van der Waals surface area contributed by atoms with Gasteiger partial charge in [0.05, 0.1) is 10.6 Å². The number of aromatic nitrogens is 2. The van der Waals surface area contributed by atoms with Crippen LogP contribution in [0.4, 0.5) is 28.7 Å². The summed E-state index contributed by atoms with van der Waals surface area (Å²) in [5.74, 6) is 0.518. The third-order valence-corrected chi connectivity index (χ3v) is 5.50. The Kier molecular flexibility index (Phi) is 5.57. The zero-order valence-electron chi connectivity index (χ0n) is 15.5. The number of benzene rings is 2. The molecule has 0 spiro atoms. The number of para-hydroxylation sites is 2. The summed E-state index contributed by atoms with van der Waals surface area (Å²) in [5, 5.41) is 14.9. The Hall–Kier alpha value is -3.20. The van der Waals surface area contributed by atoms with Gasteiger partial charge in [0.2, 0.25) is 11.6 Å². The van der Waals surface area contributed by atoms with E-state index in [4.69, 9.17) is 0 Å². The molecule has 9 heteroatoms. The van der Waals surface area contributed by atoms with Crippen LogP contribution >= 0.6 is 15.9 Å². The molecule has 0 amide bonds. The first kappa shape index (κ1) is 19.1. The predicted molar refractivity (Wildman–Crippen MR) is 117 cm³/mol. The van der Waals surface area contributed by atoms with Gasteiger partial charge in [0.15, 0.2) is 0 Å². The molecule has 0 radical (unpaired) electrons. The molecule has 1 aliphatic rings. The second-order valence-corrected chi connectivity index (χ2v) is 7.42. The first-order valence-electron chi connectivity index (χ1n) is 9.19. The number of nitrogens with zero attached hydrogens (tertiary/aromatic N) is 5. The third kappa shape index (κ3) is 4.14. The molecule has 8 nitrogen and oxygen atoms in total. The number of nitro groups is 1. The SMILES string of the molecule is O=[N+]([O-])c1c(Nc2ccccc2Br)ncnc1N1CCN(c2ccccc2)CC1. The Morgan fingerprint density at radius 1 is 0.931 bits per heavy atom. The first-order chi connectivity index (χ1) is 14.1. The van der Waals surface area contributed by atoms with E-state index in [-0.39, 0.29) is 11.5 Å². The Bertz CT molecular complexity index is 1010. The molecule has 3 aromatic rings. The van der Waals surface area contributed by atoms with Crippen LogP contribution in [0.5, 0.6) is 0 Å². The van der Waals surface area contributed by atoms with E-state index in [0.717, 1.165) is 23.2 Å². The first-order valence-corrected chi connectivity index (χ1v) is 9.98. The van der Waals surface area contributed by atoms with Gasteiger partial charge in [-0.3, -0.25) is 10.1 Å². The average molecular weight is 455 g/mol. The van der Waals surface area contributed by atoms with Crippen molar-refractivity contribution in [1.82, 2.24) is 9.97 Å².